The zero-order chi connectivity index (χ0) is 13.0. The van der Waals surface area contributed by atoms with Gasteiger partial charge in [-0.1, -0.05) is 31.2 Å². The Kier molecular flexibility index (Phi) is 3.98. The summed E-state index contributed by atoms with van der Waals surface area (Å²) in [5.41, 5.74) is 1.09. The summed E-state index contributed by atoms with van der Waals surface area (Å²) in [6, 6.07) is 12.1. The fourth-order valence-electron chi connectivity index (χ4n) is 2.18. The van der Waals surface area contributed by atoms with E-state index >= 15 is 0 Å². The Bertz CT molecular complexity index is 558. The Morgan fingerprint density at radius 1 is 1.22 bits per heavy atom. The first-order valence-electron chi connectivity index (χ1n) is 6.32. The van der Waals surface area contributed by atoms with E-state index in [0.29, 0.717) is 18.6 Å². The lowest BCUT2D eigenvalue weighted by molar-refractivity contribution is -0.118. The van der Waals surface area contributed by atoms with Gasteiger partial charge in [-0.3, -0.25) is 4.79 Å². The molecule has 0 aliphatic heterocycles. The van der Waals surface area contributed by atoms with E-state index < -0.39 is 0 Å². The summed E-state index contributed by atoms with van der Waals surface area (Å²) in [7, 11) is 1.66. The van der Waals surface area contributed by atoms with Crippen LogP contribution in [-0.4, -0.2) is 12.9 Å². The standard InChI is InChI=1S/C16H18O2/c1-3-5-14(17)10-13-7-4-6-12-8-9-15(18-2)11-16(12)13/h4,6-9,11H,3,5,10H2,1-2H3. The SMILES string of the molecule is CCCC(=O)Cc1cccc2ccc(OC)cc12. The van der Waals surface area contributed by atoms with Crippen molar-refractivity contribution in [2.24, 2.45) is 0 Å². The van der Waals surface area contributed by atoms with Gasteiger partial charge in [0.05, 0.1) is 7.11 Å². The van der Waals surface area contributed by atoms with Crippen molar-refractivity contribution < 1.29 is 9.53 Å². The van der Waals surface area contributed by atoms with Crippen LogP contribution in [0.15, 0.2) is 36.4 Å². The number of carbonyl (C=O) groups is 1. The first-order chi connectivity index (χ1) is 8.74. The fraction of sp³-hybridized carbons (Fsp3) is 0.312. The van der Waals surface area contributed by atoms with Crippen molar-refractivity contribution in [1.82, 2.24) is 0 Å². The molecule has 18 heavy (non-hydrogen) atoms. The first kappa shape index (κ1) is 12.6. The van der Waals surface area contributed by atoms with Gasteiger partial charge in [-0.2, -0.15) is 0 Å². The molecule has 0 unspecified atom stereocenters. The van der Waals surface area contributed by atoms with Crippen LogP contribution in [0.5, 0.6) is 5.75 Å². The van der Waals surface area contributed by atoms with E-state index in [9.17, 15) is 4.79 Å². The summed E-state index contributed by atoms with van der Waals surface area (Å²) in [6.07, 6.45) is 2.08. The van der Waals surface area contributed by atoms with Gasteiger partial charge in [0, 0.05) is 12.8 Å². The fourth-order valence-corrected chi connectivity index (χ4v) is 2.18. The van der Waals surface area contributed by atoms with Crippen molar-refractivity contribution in [2.75, 3.05) is 7.11 Å². The maximum atomic E-state index is 11.8. The number of methoxy groups -OCH3 is 1. The van der Waals surface area contributed by atoms with Crippen LogP contribution in [0, 0.1) is 0 Å². The van der Waals surface area contributed by atoms with Crippen molar-refractivity contribution >= 4 is 16.6 Å². The minimum absolute atomic E-state index is 0.299. The molecule has 2 nitrogen and oxygen atoms in total. The summed E-state index contributed by atoms with van der Waals surface area (Å²) in [5, 5.41) is 2.26. The second-order valence-corrected chi connectivity index (χ2v) is 4.47. The van der Waals surface area contributed by atoms with Crippen LogP contribution >= 0.6 is 0 Å². The van der Waals surface area contributed by atoms with Gasteiger partial charge in [0.2, 0.25) is 0 Å². The molecule has 0 aliphatic rings. The molecule has 0 saturated heterocycles. The zero-order valence-corrected chi connectivity index (χ0v) is 10.9. The number of hydrogen-bond acceptors (Lipinski definition) is 2. The maximum Gasteiger partial charge on any atom is 0.137 e. The number of ether oxygens (including phenoxy) is 1. The lowest BCUT2D eigenvalue weighted by atomic mass is 9.99. The highest BCUT2D eigenvalue weighted by Crippen LogP contribution is 2.24. The van der Waals surface area contributed by atoms with Gasteiger partial charge in [-0.15, -0.1) is 0 Å². The molecule has 0 radical (unpaired) electrons. The molecule has 2 rings (SSSR count). The lowest BCUT2D eigenvalue weighted by Gasteiger charge is -2.07. The summed E-state index contributed by atoms with van der Waals surface area (Å²) in [4.78, 5) is 11.8. The van der Waals surface area contributed by atoms with Crippen LogP contribution < -0.4 is 4.74 Å². The maximum absolute atomic E-state index is 11.8. The average molecular weight is 242 g/mol. The van der Waals surface area contributed by atoms with E-state index in [1.165, 1.54) is 0 Å². The molecule has 2 aromatic rings. The number of hydrogen-bond donors (Lipinski definition) is 0. The third-order valence-corrected chi connectivity index (χ3v) is 3.10. The minimum Gasteiger partial charge on any atom is -0.497 e. The van der Waals surface area contributed by atoms with E-state index in [4.69, 9.17) is 4.74 Å². The van der Waals surface area contributed by atoms with Crippen LogP contribution in [0.1, 0.15) is 25.3 Å². The zero-order valence-electron chi connectivity index (χ0n) is 10.9. The summed E-state index contributed by atoms with van der Waals surface area (Å²) in [6.45, 7) is 2.03. The number of carbonyl (C=O) groups excluding carboxylic acids is 1. The second-order valence-electron chi connectivity index (χ2n) is 4.47. The first-order valence-corrected chi connectivity index (χ1v) is 6.32. The molecule has 0 spiro atoms. The predicted molar refractivity (Wildman–Crippen MR) is 74.1 cm³/mol. The van der Waals surface area contributed by atoms with E-state index in [0.717, 1.165) is 28.5 Å². The molecule has 0 saturated carbocycles. The second kappa shape index (κ2) is 5.67. The smallest absolute Gasteiger partial charge is 0.137 e. The van der Waals surface area contributed by atoms with Crippen molar-refractivity contribution in [2.45, 2.75) is 26.2 Å². The number of benzene rings is 2. The molecule has 0 atom stereocenters. The third kappa shape index (κ3) is 2.70. The van der Waals surface area contributed by atoms with E-state index in [2.05, 4.69) is 6.07 Å². The van der Waals surface area contributed by atoms with Crippen molar-refractivity contribution in [3.05, 3.63) is 42.0 Å². The van der Waals surface area contributed by atoms with Crippen LogP contribution in [0.2, 0.25) is 0 Å². The lowest BCUT2D eigenvalue weighted by Crippen LogP contribution is -2.02. The van der Waals surface area contributed by atoms with Crippen molar-refractivity contribution in [3.63, 3.8) is 0 Å². The predicted octanol–water partition coefficient (Wildman–Crippen LogP) is 3.76. The number of Topliss-reactive ketones (excluding diaryl/α,β-unsaturated/α-hetero) is 1. The van der Waals surface area contributed by atoms with Crippen molar-refractivity contribution in [3.8, 4) is 5.75 Å². The minimum atomic E-state index is 0.299. The van der Waals surface area contributed by atoms with Crippen molar-refractivity contribution in [1.29, 1.82) is 0 Å². The largest absolute Gasteiger partial charge is 0.497 e. The number of rotatable bonds is 5. The van der Waals surface area contributed by atoms with E-state index in [-0.39, 0.29) is 0 Å². The molecule has 0 amide bonds. The Morgan fingerprint density at radius 2 is 2.06 bits per heavy atom. The average Bonchev–Trinajstić information content (AvgIpc) is 2.39. The van der Waals surface area contributed by atoms with Crippen LogP contribution in [-0.2, 0) is 11.2 Å². The molecule has 0 N–H and O–H groups in total. The Hall–Kier alpha value is -1.83. The van der Waals surface area contributed by atoms with Crippen LogP contribution in [0.4, 0.5) is 0 Å². The molecule has 0 heterocycles. The summed E-state index contributed by atoms with van der Waals surface area (Å²) >= 11 is 0. The quantitative estimate of drug-likeness (QED) is 0.798. The number of ketones is 1. The highest BCUT2D eigenvalue weighted by Gasteiger charge is 2.07. The Balaban J connectivity index is 2.40. The Morgan fingerprint density at radius 3 is 2.78 bits per heavy atom. The topological polar surface area (TPSA) is 26.3 Å². The normalized spacial score (nSPS) is 10.6. The van der Waals surface area contributed by atoms with Gasteiger partial charge >= 0.3 is 0 Å². The van der Waals surface area contributed by atoms with Gasteiger partial charge in [-0.05, 0) is 34.9 Å². The molecule has 94 valence electrons. The van der Waals surface area contributed by atoms with Gasteiger partial charge in [-0.25, -0.2) is 0 Å². The molecule has 0 aromatic heterocycles. The van der Waals surface area contributed by atoms with Gasteiger partial charge < -0.3 is 4.74 Å². The number of fused-ring (bicyclic) bond motifs is 1. The van der Waals surface area contributed by atoms with E-state index in [1.54, 1.807) is 7.11 Å². The molecular weight excluding hydrogens is 224 g/mol. The monoisotopic (exact) mass is 242 g/mol. The molecule has 0 bridgehead atoms. The summed E-state index contributed by atoms with van der Waals surface area (Å²) < 4.78 is 5.24. The summed E-state index contributed by atoms with van der Waals surface area (Å²) in [5.74, 6) is 1.13. The highest BCUT2D eigenvalue weighted by atomic mass is 16.5. The highest BCUT2D eigenvalue weighted by molar-refractivity contribution is 5.91. The molecule has 2 aromatic carbocycles. The van der Waals surface area contributed by atoms with Gasteiger partial charge in [0.15, 0.2) is 0 Å². The van der Waals surface area contributed by atoms with E-state index in [1.807, 2.05) is 37.3 Å². The van der Waals surface area contributed by atoms with Gasteiger partial charge in [0.1, 0.15) is 11.5 Å². The van der Waals surface area contributed by atoms with Crippen LogP contribution in [0.25, 0.3) is 10.8 Å². The van der Waals surface area contributed by atoms with Gasteiger partial charge in [0.25, 0.3) is 0 Å². The molecule has 2 heteroatoms. The Labute approximate surface area is 108 Å². The van der Waals surface area contributed by atoms with Crippen LogP contribution in [0.3, 0.4) is 0 Å². The molecule has 0 fully saturated rings. The molecule has 0 aliphatic carbocycles. The third-order valence-electron chi connectivity index (χ3n) is 3.10. The molecular formula is C16H18O2.